The van der Waals surface area contributed by atoms with Crippen molar-refractivity contribution in [2.75, 3.05) is 0 Å². The predicted octanol–water partition coefficient (Wildman–Crippen LogP) is 3.51. The number of halogens is 1. The summed E-state index contributed by atoms with van der Waals surface area (Å²) < 4.78 is 13.8. The first-order chi connectivity index (χ1) is 11.0. The van der Waals surface area contributed by atoms with Gasteiger partial charge >= 0.3 is 0 Å². The number of phenolic OH excluding ortho intramolecular Hbond substituents is 1. The molecule has 3 nitrogen and oxygen atoms in total. The predicted molar refractivity (Wildman–Crippen MR) is 86.6 cm³/mol. The number of rotatable bonds is 3. The van der Waals surface area contributed by atoms with Crippen LogP contribution in [0.15, 0.2) is 42.5 Å². The van der Waals surface area contributed by atoms with Crippen LogP contribution in [-0.4, -0.2) is 11.0 Å². The summed E-state index contributed by atoms with van der Waals surface area (Å²) in [6.07, 6.45) is 2.17. The molecule has 0 heterocycles. The maximum Gasteiger partial charge on any atom is 0.223 e. The number of benzene rings is 2. The smallest absolute Gasteiger partial charge is 0.223 e. The minimum atomic E-state index is -0.357. The Morgan fingerprint density at radius 1 is 1.26 bits per heavy atom. The lowest BCUT2D eigenvalue weighted by atomic mass is 9.83. The first-order valence-corrected chi connectivity index (χ1v) is 7.90. The summed E-state index contributed by atoms with van der Waals surface area (Å²) in [5.41, 5.74) is 2.71. The third kappa shape index (κ3) is 3.36. The van der Waals surface area contributed by atoms with Gasteiger partial charge in [-0.2, -0.15) is 0 Å². The number of aromatic hydroxyl groups is 1. The Kier molecular flexibility index (Phi) is 4.33. The summed E-state index contributed by atoms with van der Waals surface area (Å²) in [4.78, 5) is 12.5. The summed E-state index contributed by atoms with van der Waals surface area (Å²) in [6.45, 7) is 1.80. The average Bonchev–Trinajstić information content (AvgIpc) is 2.54. The van der Waals surface area contributed by atoms with Crippen molar-refractivity contribution in [3.05, 3.63) is 65.0 Å². The Morgan fingerprint density at radius 3 is 2.83 bits per heavy atom. The topological polar surface area (TPSA) is 49.3 Å². The van der Waals surface area contributed by atoms with Crippen LogP contribution in [0.2, 0.25) is 0 Å². The van der Waals surface area contributed by atoms with Gasteiger partial charge in [0.1, 0.15) is 11.6 Å². The third-order valence-electron chi connectivity index (χ3n) is 4.52. The van der Waals surface area contributed by atoms with Crippen LogP contribution >= 0.6 is 0 Å². The van der Waals surface area contributed by atoms with Crippen LogP contribution in [0.3, 0.4) is 0 Å². The van der Waals surface area contributed by atoms with Gasteiger partial charge in [-0.1, -0.05) is 24.3 Å². The minimum absolute atomic E-state index is 0.0421. The Labute approximate surface area is 135 Å². The molecule has 0 fully saturated rings. The standard InChI is InChI=1S/C19H20FNO2/c1-12(17-4-2-3-5-18(17)20)21-19(23)15-7-6-14-11-16(22)9-8-13(14)10-15/h2-5,8-9,11-12,15,22H,6-7,10H2,1H3,(H,21,23)/t12-,15+/m1/s1. The second-order valence-electron chi connectivity index (χ2n) is 6.14. The normalized spacial score (nSPS) is 18.1. The molecule has 0 saturated carbocycles. The fourth-order valence-electron chi connectivity index (χ4n) is 3.20. The molecule has 3 rings (SSSR count). The first-order valence-electron chi connectivity index (χ1n) is 7.90. The van der Waals surface area contributed by atoms with Crippen molar-refractivity contribution in [3.8, 4) is 5.75 Å². The molecule has 0 unspecified atom stereocenters. The first kappa shape index (κ1) is 15.5. The summed E-state index contributed by atoms with van der Waals surface area (Å²) in [7, 11) is 0. The summed E-state index contributed by atoms with van der Waals surface area (Å²) in [5.74, 6) is -0.190. The van der Waals surface area contributed by atoms with Crippen molar-refractivity contribution in [1.29, 1.82) is 0 Å². The number of phenols is 1. The number of amides is 1. The summed E-state index contributed by atoms with van der Waals surface area (Å²) >= 11 is 0. The van der Waals surface area contributed by atoms with Crippen LogP contribution in [0.5, 0.6) is 5.75 Å². The highest BCUT2D eigenvalue weighted by atomic mass is 19.1. The highest BCUT2D eigenvalue weighted by Crippen LogP contribution is 2.29. The lowest BCUT2D eigenvalue weighted by Gasteiger charge is -2.25. The maximum atomic E-state index is 13.8. The van der Waals surface area contributed by atoms with Crippen LogP contribution in [0.4, 0.5) is 4.39 Å². The van der Waals surface area contributed by atoms with E-state index in [1.54, 1.807) is 37.3 Å². The van der Waals surface area contributed by atoms with E-state index in [0.717, 1.165) is 24.0 Å². The monoisotopic (exact) mass is 313 g/mol. The van der Waals surface area contributed by atoms with Crippen molar-refractivity contribution in [1.82, 2.24) is 5.32 Å². The molecule has 0 spiro atoms. The van der Waals surface area contributed by atoms with E-state index in [-0.39, 0.29) is 29.4 Å². The van der Waals surface area contributed by atoms with Crippen molar-refractivity contribution in [2.24, 2.45) is 5.92 Å². The number of carbonyl (C=O) groups excluding carboxylic acids is 1. The molecule has 0 bridgehead atoms. The van der Waals surface area contributed by atoms with Gasteiger partial charge in [-0.3, -0.25) is 4.79 Å². The minimum Gasteiger partial charge on any atom is -0.508 e. The number of aryl methyl sites for hydroxylation is 1. The van der Waals surface area contributed by atoms with Crippen molar-refractivity contribution < 1.29 is 14.3 Å². The molecule has 2 atom stereocenters. The van der Waals surface area contributed by atoms with Gasteiger partial charge < -0.3 is 10.4 Å². The fraction of sp³-hybridized carbons (Fsp3) is 0.316. The van der Waals surface area contributed by atoms with Gasteiger partial charge in [0, 0.05) is 11.5 Å². The quantitative estimate of drug-likeness (QED) is 0.911. The van der Waals surface area contributed by atoms with E-state index >= 15 is 0 Å². The van der Waals surface area contributed by atoms with Crippen LogP contribution < -0.4 is 5.32 Å². The van der Waals surface area contributed by atoms with E-state index in [9.17, 15) is 14.3 Å². The lowest BCUT2D eigenvalue weighted by molar-refractivity contribution is -0.126. The lowest BCUT2D eigenvalue weighted by Crippen LogP contribution is -2.35. The molecular formula is C19H20FNO2. The number of fused-ring (bicyclic) bond motifs is 1. The van der Waals surface area contributed by atoms with Crippen molar-refractivity contribution >= 4 is 5.91 Å². The molecule has 1 aliphatic rings. The molecule has 1 aliphatic carbocycles. The second-order valence-corrected chi connectivity index (χ2v) is 6.14. The fourth-order valence-corrected chi connectivity index (χ4v) is 3.20. The van der Waals surface area contributed by atoms with Crippen molar-refractivity contribution in [2.45, 2.75) is 32.2 Å². The molecule has 1 amide bonds. The summed E-state index contributed by atoms with van der Waals surface area (Å²) in [6, 6.07) is 11.5. The van der Waals surface area contributed by atoms with E-state index in [1.807, 2.05) is 6.07 Å². The van der Waals surface area contributed by atoms with Crippen LogP contribution in [0.25, 0.3) is 0 Å². The second kappa shape index (κ2) is 6.41. The Bertz CT molecular complexity index is 729. The number of hydrogen-bond acceptors (Lipinski definition) is 2. The molecule has 0 aromatic heterocycles. The van der Waals surface area contributed by atoms with Crippen LogP contribution in [0, 0.1) is 11.7 Å². The highest BCUT2D eigenvalue weighted by molar-refractivity contribution is 5.79. The van der Waals surface area contributed by atoms with Gasteiger partial charge in [0.05, 0.1) is 6.04 Å². The number of carbonyl (C=O) groups is 1. The van der Waals surface area contributed by atoms with Crippen LogP contribution in [-0.2, 0) is 17.6 Å². The van der Waals surface area contributed by atoms with Crippen LogP contribution in [0.1, 0.15) is 36.1 Å². The van der Waals surface area contributed by atoms with E-state index in [2.05, 4.69) is 5.32 Å². The summed E-state index contributed by atoms with van der Waals surface area (Å²) in [5, 5.41) is 12.4. The zero-order chi connectivity index (χ0) is 16.4. The zero-order valence-electron chi connectivity index (χ0n) is 13.1. The molecule has 0 saturated heterocycles. The number of hydrogen-bond donors (Lipinski definition) is 2. The molecule has 120 valence electrons. The molecule has 4 heteroatoms. The van der Waals surface area contributed by atoms with Gasteiger partial charge in [0.2, 0.25) is 5.91 Å². The zero-order valence-corrected chi connectivity index (χ0v) is 13.1. The Hall–Kier alpha value is -2.36. The highest BCUT2D eigenvalue weighted by Gasteiger charge is 2.26. The van der Waals surface area contributed by atoms with Gasteiger partial charge in [-0.25, -0.2) is 4.39 Å². The average molecular weight is 313 g/mol. The Morgan fingerprint density at radius 2 is 2.04 bits per heavy atom. The van der Waals surface area contributed by atoms with Gasteiger partial charge in [-0.05, 0) is 55.5 Å². The van der Waals surface area contributed by atoms with Gasteiger partial charge in [-0.15, -0.1) is 0 Å². The number of nitrogens with one attached hydrogen (secondary N) is 1. The van der Waals surface area contributed by atoms with E-state index in [4.69, 9.17) is 0 Å². The molecule has 2 aromatic carbocycles. The maximum absolute atomic E-state index is 13.8. The van der Waals surface area contributed by atoms with E-state index in [1.165, 1.54) is 6.07 Å². The van der Waals surface area contributed by atoms with E-state index < -0.39 is 0 Å². The van der Waals surface area contributed by atoms with Gasteiger partial charge in [0.15, 0.2) is 0 Å². The van der Waals surface area contributed by atoms with E-state index in [0.29, 0.717) is 12.0 Å². The molecule has 2 N–H and O–H groups in total. The molecule has 0 aliphatic heterocycles. The molecule has 2 aromatic rings. The molecule has 23 heavy (non-hydrogen) atoms. The molecular weight excluding hydrogens is 293 g/mol. The largest absolute Gasteiger partial charge is 0.508 e. The molecule has 0 radical (unpaired) electrons. The van der Waals surface area contributed by atoms with Crippen molar-refractivity contribution in [3.63, 3.8) is 0 Å². The Balaban J connectivity index is 1.68. The SMILES string of the molecule is C[C@@H](NC(=O)[C@H]1CCc2cc(O)ccc2C1)c1ccccc1F. The third-order valence-corrected chi connectivity index (χ3v) is 4.52. The van der Waals surface area contributed by atoms with Gasteiger partial charge in [0.25, 0.3) is 0 Å².